The van der Waals surface area contributed by atoms with Crippen molar-refractivity contribution in [1.29, 1.82) is 0 Å². The Hall–Kier alpha value is -0.540. The second kappa shape index (κ2) is 6.99. The summed E-state index contributed by atoms with van der Waals surface area (Å²) in [6, 6.07) is -0.340. The molecule has 126 valence electrons. The molecule has 24 heavy (non-hydrogen) atoms. The Kier molecular flexibility index (Phi) is 5.76. The van der Waals surface area contributed by atoms with Gasteiger partial charge in [0.15, 0.2) is 0 Å². The zero-order valence-electron chi connectivity index (χ0n) is 14.2. The van der Waals surface area contributed by atoms with Crippen LogP contribution >= 0.6 is 11.8 Å². The van der Waals surface area contributed by atoms with Crippen LogP contribution in [0.5, 0.6) is 0 Å². The number of thioether (sulfide) groups is 1. The fourth-order valence-corrected chi connectivity index (χ4v) is 5.28. The fraction of sp³-hybridized carbons (Fsp3) is 0.667. The number of hydrogen-bond acceptors (Lipinski definition) is 6. The molecule has 1 N–H and O–H groups in total. The van der Waals surface area contributed by atoms with E-state index in [1.165, 1.54) is 16.7 Å². The Balaban J connectivity index is 0.00000208. The third-order valence-corrected chi connectivity index (χ3v) is 6.37. The molecular weight excluding hydrogens is 343 g/mol. The predicted octanol–water partition coefficient (Wildman–Crippen LogP) is -4.23. The van der Waals surface area contributed by atoms with Gasteiger partial charge < -0.3 is 24.8 Å². The second-order valence-corrected chi connectivity index (χ2v) is 7.81. The molecule has 2 amide bonds. The topological polar surface area (TPSA) is 101 Å². The van der Waals surface area contributed by atoms with Gasteiger partial charge in [0.2, 0.25) is 11.8 Å². The Morgan fingerprint density at radius 3 is 2.50 bits per heavy atom. The van der Waals surface area contributed by atoms with E-state index < -0.39 is 18.0 Å². The fourth-order valence-electron chi connectivity index (χ4n) is 3.75. The van der Waals surface area contributed by atoms with Gasteiger partial charge in [0.25, 0.3) is 0 Å². The first kappa shape index (κ1) is 19.8. The SMILES string of the molecule is C[C@@H](O)[C@H]1C(=O)N2C(C(=O)[O-])=C(S[C@H]3CC(=O)N(C)C3)[C@H](C)[C@H]12.[Na+]. The molecule has 7 nitrogen and oxygen atoms in total. The number of nitrogens with zero attached hydrogens (tertiary/aromatic N) is 2. The monoisotopic (exact) mass is 362 g/mol. The number of carboxylic acid groups (broad SMARTS) is 1. The van der Waals surface area contributed by atoms with Crippen molar-refractivity contribution in [3.63, 3.8) is 0 Å². The van der Waals surface area contributed by atoms with Gasteiger partial charge in [-0.1, -0.05) is 6.92 Å². The molecule has 0 spiro atoms. The van der Waals surface area contributed by atoms with Crippen molar-refractivity contribution in [2.75, 3.05) is 13.6 Å². The summed E-state index contributed by atoms with van der Waals surface area (Å²) >= 11 is 1.35. The van der Waals surface area contributed by atoms with Gasteiger partial charge in [-0.15, -0.1) is 11.8 Å². The third-order valence-electron chi connectivity index (χ3n) is 4.90. The number of amides is 2. The number of β-lactam (4-membered cyclic amide) rings is 1. The van der Waals surface area contributed by atoms with Gasteiger partial charge in [-0.3, -0.25) is 9.59 Å². The van der Waals surface area contributed by atoms with Gasteiger partial charge in [-0.2, -0.15) is 0 Å². The minimum Gasteiger partial charge on any atom is -0.543 e. The summed E-state index contributed by atoms with van der Waals surface area (Å²) in [4.78, 5) is 38.9. The minimum atomic E-state index is -1.38. The van der Waals surface area contributed by atoms with Crippen LogP contribution in [0, 0.1) is 11.8 Å². The van der Waals surface area contributed by atoms with Crippen LogP contribution < -0.4 is 34.7 Å². The van der Waals surface area contributed by atoms with Crippen molar-refractivity contribution < 1.29 is 54.2 Å². The van der Waals surface area contributed by atoms with Crippen molar-refractivity contribution in [2.24, 2.45) is 11.8 Å². The predicted molar refractivity (Wildman–Crippen MR) is 80.6 cm³/mol. The molecule has 0 unspecified atom stereocenters. The standard InChI is InChI=1S/C15H20N2O5S.Na/c1-6-11-10(7(2)18)14(20)17(11)12(15(21)22)13(6)23-8-4-9(19)16(3)5-8;/h6-8,10-11,18H,4-5H2,1-3H3,(H,21,22);/q;+1/p-1/t6-,7-,8+,10-,11-;/m1./s1. The maximum atomic E-state index is 12.2. The van der Waals surface area contributed by atoms with Gasteiger partial charge in [0, 0.05) is 36.1 Å². The zero-order valence-corrected chi connectivity index (χ0v) is 17.0. The van der Waals surface area contributed by atoms with Crippen molar-refractivity contribution >= 4 is 29.5 Å². The molecule has 0 saturated carbocycles. The summed E-state index contributed by atoms with van der Waals surface area (Å²) < 4.78 is 0. The van der Waals surface area contributed by atoms with E-state index >= 15 is 0 Å². The number of carbonyl (C=O) groups is 3. The molecule has 0 bridgehead atoms. The van der Waals surface area contributed by atoms with Crippen LogP contribution in [0.1, 0.15) is 20.3 Å². The summed E-state index contributed by atoms with van der Waals surface area (Å²) in [5.74, 6) is -2.48. The normalized spacial score (nSPS) is 33.3. The molecule has 2 fully saturated rings. The first-order valence-corrected chi connectivity index (χ1v) is 8.49. The largest absolute Gasteiger partial charge is 1.00 e. The van der Waals surface area contributed by atoms with Crippen molar-refractivity contribution in [3.8, 4) is 0 Å². The second-order valence-electron chi connectivity index (χ2n) is 6.47. The molecule has 3 aliphatic rings. The molecule has 3 rings (SSSR count). The number of carbonyl (C=O) groups excluding carboxylic acids is 3. The van der Waals surface area contributed by atoms with Gasteiger partial charge >= 0.3 is 29.6 Å². The number of aliphatic carboxylic acids is 1. The first-order valence-electron chi connectivity index (χ1n) is 7.61. The molecule has 0 radical (unpaired) electrons. The molecule has 0 aromatic carbocycles. The molecule has 0 aromatic heterocycles. The molecule has 2 saturated heterocycles. The third kappa shape index (κ3) is 2.92. The maximum absolute atomic E-state index is 12.2. The number of likely N-dealkylation sites (tertiary alicyclic amines) is 1. The molecule has 0 aliphatic carbocycles. The van der Waals surface area contributed by atoms with E-state index in [4.69, 9.17) is 0 Å². The van der Waals surface area contributed by atoms with E-state index in [-0.39, 0.29) is 64.3 Å². The van der Waals surface area contributed by atoms with Crippen molar-refractivity contribution in [3.05, 3.63) is 10.6 Å². The summed E-state index contributed by atoms with van der Waals surface area (Å²) in [6.07, 6.45) is -0.464. The molecule has 3 heterocycles. The molecule has 0 aromatic rings. The van der Waals surface area contributed by atoms with E-state index in [1.54, 1.807) is 18.9 Å². The minimum absolute atomic E-state index is 0. The van der Waals surface area contributed by atoms with Crippen LogP contribution in [-0.2, 0) is 14.4 Å². The van der Waals surface area contributed by atoms with Crippen LogP contribution in [0.2, 0.25) is 0 Å². The molecular formula is C15H19N2NaO5S. The molecule has 9 heteroatoms. The van der Waals surface area contributed by atoms with E-state index in [9.17, 15) is 24.6 Å². The Labute approximate surface area is 166 Å². The van der Waals surface area contributed by atoms with Crippen molar-refractivity contribution in [2.45, 2.75) is 37.7 Å². The van der Waals surface area contributed by atoms with E-state index in [2.05, 4.69) is 0 Å². The van der Waals surface area contributed by atoms with E-state index in [1.807, 2.05) is 6.92 Å². The number of aliphatic hydroxyl groups excluding tert-OH is 1. The van der Waals surface area contributed by atoms with Crippen molar-refractivity contribution in [1.82, 2.24) is 9.80 Å². The van der Waals surface area contributed by atoms with Crippen LogP contribution in [0.3, 0.4) is 0 Å². The zero-order chi connectivity index (χ0) is 17.0. The Morgan fingerprint density at radius 2 is 2.04 bits per heavy atom. The summed E-state index contributed by atoms with van der Waals surface area (Å²) in [6.45, 7) is 3.96. The van der Waals surface area contributed by atoms with Gasteiger partial charge in [0.05, 0.1) is 29.7 Å². The number of carboxylic acids is 1. The summed E-state index contributed by atoms with van der Waals surface area (Å²) in [5.41, 5.74) is -0.0867. The van der Waals surface area contributed by atoms with E-state index in [0.717, 1.165) is 0 Å². The van der Waals surface area contributed by atoms with Crippen LogP contribution in [0.15, 0.2) is 10.6 Å². The summed E-state index contributed by atoms with van der Waals surface area (Å²) in [5, 5.41) is 21.3. The number of aliphatic hydroxyl groups is 1. The van der Waals surface area contributed by atoms with Crippen LogP contribution in [-0.4, -0.2) is 63.7 Å². The molecule has 5 atom stereocenters. The average Bonchev–Trinajstić information content (AvgIpc) is 2.87. The smallest absolute Gasteiger partial charge is 0.543 e. The van der Waals surface area contributed by atoms with Crippen LogP contribution in [0.4, 0.5) is 0 Å². The summed E-state index contributed by atoms with van der Waals surface area (Å²) in [7, 11) is 1.72. The van der Waals surface area contributed by atoms with Crippen LogP contribution in [0.25, 0.3) is 0 Å². The van der Waals surface area contributed by atoms with Gasteiger partial charge in [0.1, 0.15) is 0 Å². The number of fused-ring (bicyclic) bond motifs is 1. The number of rotatable bonds is 4. The first-order chi connectivity index (χ1) is 10.7. The Morgan fingerprint density at radius 1 is 1.42 bits per heavy atom. The molecule has 3 aliphatic heterocycles. The quantitative estimate of drug-likeness (QED) is 0.402. The van der Waals surface area contributed by atoms with Gasteiger partial charge in [-0.05, 0) is 6.92 Å². The van der Waals surface area contributed by atoms with Gasteiger partial charge in [-0.25, -0.2) is 0 Å². The number of hydrogen-bond donors (Lipinski definition) is 1. The maximum Gasteiger partial charge on any atom is 1.00 e. The van der Waals surface area contributed by atoms with E-state index in [0.29, 0.717) is 17.9 Å². The average molecular weight is 362 g/mol. The Bertz CT molecular complexity index is 623.